The molecule has 0 saturated heterocycles. The van der Waals surface area contributed by atoms with Gasteiger partial charge in [-0.25, -0.2) is 0 Å². The summed E-state index contributed by atoms with van der Waals surface area (Å²) in [6.07, 6.45) is 0.711. The third-order valence-electron chi connectivity index (χ3n) is 2.61. The van der Waals surface area contributed by atoms with Gasteiger partial charge in [0.05, 0.1) is 12.7 Å². The van der Waals surface area contributed by atoms with Crippen molar-refractivity contribution in [3.8, 4) is 17.1 Å². The highest BCUT2D eigenvalue weighted by molar-refractivity contribution is 6.30. The Hall–Kier alpha value is -1.45. The molecule has 0 fully saturated rings. The SMILES string of the molecule is COc1ccc(Cl)cc1-c1ccc(CC(C)N)o1. The van der Waals surface area contributed by atoms with E-state index >= 15 is 0 Å². The number of ether oxygens (including phenoxy) is 1. The summed E-state index contributed by atoms with van der Waals surface area (Å²) in [5.41, 5.74) is 6.59. The van der Waals surface area contributed by atoms with Crippen LogP contribution in [-0.4, -0.2) is 13.2 Å². The number of halogens is 1. The van der Waals surface area contributed by atoms with E-state index < -0.39 is 0 Å². The van der Waals surface area contributed by atoms with E-state index in [1.807, 2.05) is 31.2 Å². The molecule has 0 aliphatic rings. The first kappa shape index (κ1) is 13.0. The Kier molecular flexibility index (Phi) is 3.94. The average molecular weight is 266 g/mol. The van der Waals surface area contributed by atoms with Gasteiger partial charge in [0.1, 0.15) is 17.3 Å². The Labute approximate surface area is 111 Å². The van der Waals surface area contributed by atoms with Crippen LogP contribution in [0.25, 0.3) is 11.3 Å². The van der Waals surface area contributed by atoms with Crippen molar-refractivity contribution in [1.82, 2.24) is 0 Å². The minimum atomic E-state index is 0.0743. The number of furan rings is 1. The van der Waals surface area contributed by atoms with Gasteiger partial charge in [-0.2, -0.15) is 0 Å². The van der Waals surface area contributed by atoms with Crippen molar-refractivity contribution in [3.05, 3.63) is 41.1 Å². The Bertz CT molecular complexity index is 534. The Morgan fingerprint density at radius 3 is 2.78 bits per heavy atom. The van der Waals surface area contributed by atoms with E-state index in [2.05, 4.69) is 0 Å². The van der Waals surface area contributed by atoms with E-state index in [4.69, 9.17) is 26.5 Å². The summed E-state index contributed by atoms with van der Waals surface area (Å²) in [7, 11) is 1.62. The van der Waals surface area contributed by atoms with E-state index in [0.29, 0.717) is 11.4 Å². The van der Waals surface area contributed by atoms with E-state index in [0.717, 1.165) is 22.8 Å². The first-order chi connectivity index (χ1) is 8.60. The summed E-state index contributed by atoms with van der Waals surface area (Å²) in [4.78, 5) is 0. The molecule has 1 heterocycles. The monoisotopic (exact) mass is 265 g/mol. The molecular weight excluding hydrogens is 250 g/mol. The highest BCUT2D eigenvalue weighted by atomic mass is 35.5. The summed E-state index contributed by atoms with van der Waals surface area (Å²) >= 11 is 6.00. The Morgan fingerprint density at radius 1 is 1.33 bits per heavy atom. The van der Waals surface area contributed by atoms with Crippen molar-refractivity contribution in [2.24, 2.45) is 5.73 Å². The van der Waals surface area contributed by atoms with Crippen molar-refractivity contribution in [3.63, 3.8) is 0 Å². The molecule has 0 saturated carbocycles. The van der Waals surface area contributed by atoms with Crippen molar-refractivity contribution < 1.29 is 9.15 Å². The molecule has 0 bridgehead atoms. The van der Waals surface area contributed by atoms with Gasteiger partial charge in [-0.1, -0.05) is 11.6 Å². The number of rotatable bonds is 4. The first-order valence-corrected chi connectivity index (χ1v) is 6.16. The van der Waals surface area contributed by atoms with Crippen LogP contribution < -0.4 is 10.5 Å². The maximum absolute atomic E-state index is 6.00. The minimum Gasteiger partial charge on any atom is -0.496 e. The molecule has 18 heavy (non-hydrogen) atoms. The maximum atomic E-state index is 6.00. The molecule has 4 heteroatoms. The molecule has 2 aromatic rings. The van der Waals surface area contributed by atoms with Gasteiger partial charge in [-0.05, 0) is 37.3 Å². The molecule has 1 aromatic carbocycles. The van der Waals surface area contributed by atoms with Crippen LogP contribution >= 0.6 is 11.6 Å². The van der Waals surface area contributed by atoms with Crippen molar-refractivity contribution >= 4 is 11.6 Å². The largest absolute Gasteiger partial charge is 0.496 e. The van der Waals surface area contributed by atoms with Crippen LogP contribution in [0, 0.1) is 0 Å². The molecule has 3 nitrogen and oxygen atoms in total. The molecule has 0 spiro atoms. The number of nitrogens with two attached hydrogens (primary N) is 1. The number of methoxy groups -OCH3 is 1. The molecule has 0 aliphatic heterocycles. The molecule has 0 amide bonds. The van der Waals surface area contributed by atoms with Crippen molar-refractivity contribution in [1.29, 1.82) is 0 Å². The summed E-state index contributed by atoms with van der Waals surface area (Å²) in [5, 5.41) is 0.649. The Balaban J connectivity index is 2.36. The predicted octanol–water partition coefficient (Wildman–Crippen LogP) is 3.50. The molecule has 1 aromatic heterocycles. The molecule has 0 radical (unpaired) electrons. The Morgan fingerprint density at radius 2 is 2.11 bits per heavy atom. The van der Waals surface area contributed by atoms with Gasteiger partial charge >= 0.3 is 0 Å². The van der Waals surface area contributed by atoms with Gasteiger partial charge in [0.2, 0.25) is 0 Å². The second-order valence-electron chi connectivity index (χ2n) is 4.29. The molecule has 96 valence electrons. The zero-order valence-corrected chi connectivity index (χ0v) is 11.2. The molecule has 1 atom stereocenters. The topological polar surface area (TPSA) is 48.4 Å². The minimum absolute atomic E-state index is 0.0743. The third-order valence-corrected chi connectivity index (χ3v) is 2.85. The smallest absolute Gasteiger partial charge is 0.138 e. The summed E-state index contributed by atoms with van der Waals surface area (Å²) < 4.78 is 11.1. The van der Waals surface area contributed by atoms with Gasteiger partial charge in [-0.3, -0.25) is 0 Å². The van der Waals surface area contributed by atoms with Crippen LogP contribution in [0.1, 0.15) is 12.7 Å². The highest BCUT2D eigenvalue weighted by Gasteiger charge is 2.11. The van der Waals surface area contributed by atoms with Gasteiger partial charge in [-0.15, -0.1) is 0 Å². The number of hydrogen-bond donors (Lipinski definition) is 1. The number of benzene rings is 1. The normalized spacial score (nSPS) is 12.4. The van der Waals surface area contributed by atoms with E-state index in [1.165, 1.54) is 0 Å². The summed E-state index contributed by atoms with van der Waals surface area (Å²) in [6.45, 7) is 1.95. The lowest BCUT2D eigenvalue weighted by Gasteiger charge is -2.06. The zero-order chi connectivity index (χ0) is 13.1. The van der Waals surface area contributed by atoms with E-state index in [-0.39, 0.29) is 6.04 Å². The lowest BCUT2D eigenvalue weighted by Crippen LogP contribution is -2.17. The molecule has 0 aliphatic carbocycles. The van der Waals surface area contributed by atoms with Crippen LogP contribution in [0.3, 0.4) is 0 Å². The van der Waals surface area contributed by atoms with Crippen LogP contribution in [-0.2, 0) is 6.42 Å². The number of hydrogen-bond acceptors (Lipinski definition) is 3. The molecular formula is C14H16ClNO2. The molecule has 1 unspecified atom stereocenters. The average Bonchev–Trinajstić information content (AvgIpc) is 2.76. The van der Waals surface area contributed by atoms with Crippen LogP contribution in [0.15, 0.2) is 34.7 Å². The maximum Gasteiger partial charge on any atom is 0.138 e. The van der Waals surface area contributed by atoms with E-state index in [9.17, 15) is 0 Å². The fourth-order valence-electron chi connectivity index (χ4n) is 1.82. The fraction of sp³-hybridized carbons (Fsp3) is 0.286. The quantitative estimate of drug-likeness (QED) is 0.920. The van der Waals surface area contributed by atoms with Gasteiger partial charge < -0.3 is 14.9 Å². The second-order valence-corrected chi connectivity index (χ2v) is 4.73. The standard InChI is InChI=1S/C14H16ClNO2/c1-9(16)7-11-4-6-14(18-11)12-8-10(15)3-5-13(12)17-2/h3-6,8-9H,7,16H2,1-2H3. The van der Waals surface area contributed by atoms with Gasteiger partial charge in [0, 0.05) is 17.5 Å². The summed E-state index contributed by atoms with van der Waals surface area (Å²) in [6, 6.07) is 9.35. The predicted molar refractivity (Wildman–Crippen MR) is 73.1 cm³/mol. The molecule has 2 rings (SSSR count). The molecule has 2 N–H and O–H groups in total. The van der Waals surface area contributed by atoms with Crippen molar-refractivity contribution in [2.75, 3.05) is 7.11 Å². The first-order valence-electron chi connectivity index (χ1n) is 5.78. The zero-order valence-electron chi connectivity index (χ0n) is 10.4. The second kappa shape index (κ2) is 5.46. The lowest BCUT2D eigenvalue weighted by atomic mass is 10.1. The fourth-order valence-corrected chi connectivity index (χ4v) is 1.99. The van der Waals surface area contributed by atoms with Crippen molar-refractivity contribution in [2.45, 2.75) is 19.4 Å². The third kappa shape index (κ3) is 2.86. The van der Waals surface area contributed by atoms with Crippen LogP contribution in [0.4, 0.5) is 0 Å². The van der Waals surface area contributed by atoms with E-state index in [1.54, 1.807) is 13.2 Å². The van der Waals surface area contributed by atoms with Crippen LogP contribution in [0.2, 0.25) is 5.02 Å². The summed E-state index contributed by atoms with van der Waals surface area (Å²) in [5.74, 6) is 2.34. The van der Waals surface area contributed by atoms with Crippen LogP contribution in [0.5, 0.6) is 5.75 Å². The highest BCUT2D eigenvalue weighted by Crippen LogP contribution is 2.33. The lowest BCUT2D eigenvalue weighted by molar-refractivity contribution is 0.413. The van der Waals surface area contributed by atoms with Gasteiger partial charge in [0.15, 0.2) is 0 Å². The van der Waals surface area contributed by atoms with Gasteiger partial charge in [0.25, 0.3) is 0 Å².